The third-order valence-corrected chi connectivity index (χ3v) is 6.75. The van der Waals surface area contributed by atoms with Gasteiger partial charge in [0.05, 0.1) is 24.4 Å². The number of ether oxygens (including phenoxy) is 1. The minimum Gasteiger partial charge on any atom is -0.497 e. The molecule has 35 heavy (non-hydrogen) atoms. The molecule has 1 heterocycles. The quantitative estimate of drug-likeness (QED) is 0.255. The molecule has 10 heteroatoms. The normalized spacial score (nSPS) is 10.7. The van der Waals surface area contributed by atoms with Gasteiger partial charge in [-0.25, -0.2) is 4.79 Å². The van der Waals surface area contributed by atoms with Gasteiger partial charge in [0.1, 0.15) is 5.75 Å². The minimum atomic E-state index is -0.379. The third-order valence-electron chi connectivity index (χ3n) is 5.22. The van der Waals surface area contributed by atoms with E-state index in [1.54, 1.807) is 49.6 Å². The van der Waals surface area contributed by atoms with Gasteiger partial charge in [0.15, 0.2) is 11.0 Å². The van der Waals surface area contributed by atoms with Crippen LogP contribution in [0.3, 0.4) is 0 Å². The summed E-state index contributed by atoms with van der Waals surface area (Å²) < 4.78 is 6.97. The molecule has 4 rings (SSSR count). The van der Waals surface area contributed by atoms with E-state index in [4.69, 9.17) is 27.9 Å². The highest BCUT2D eigenvalue weighted by Gasteiger charge is 2.18. The highest BCUT2D eigenvalue weighted by molar-refractivity contribution is 7.98. The SMILES string of the molecule is COc1ccc(NC(=O)NCc2nnc(SCc3ccccc3C)n2-c2cc(Cl)ccc2Cl)cc1. The van der Waals surface area contributed by atoms with Crippen LogP contribution in [0.4, 0.5) is 10.5 Å². The lowest BCUT2D eigenvalue weighted by Crippen LogP contribution is -2.29. The van der Waals surface area contributed by atoms with Gasteiger partial charge < -0.3 is 15.4 Å². The Balaban J connectivity index is 1.54. The van der Waals surface area contributed by atoms with Gasteiger partial charge in [-0.1, -0.05) is 59.2 Å². The fourth-order valence-corrected chi connectivity index (χ4v) is 4.74. The number of nitrogens with zero attached hydrogens (tertiary/aromatic N) is 3. The molecule has 0 aliphatic carbocycles. The van der Waals surface area contributed by atoms with E-state index in [1.807, 2.05) is 16.7 Å². The molecular formula is C25H23Cl2N5O2S. The van der Waals surface area contributed by atoms with Crippen molar-refractivity contribution in [1.29, 1.82) is 0 Å². The number of carbonyl (C=O) groups is 1. The van der Waals surface area contributed by atoms with Crippen LogP contribution in [-0.2, 0) is 12.3 Å². The van der Waals surface area contributed by atoms with Crippen LogP contribution in [0, 0.1) is 6.92 Å². The molecule has 7 nitrogen and oxygen atoms in total. The molecule has 0 atom stereocenters. The van der Waals surface area contributed by atoms with Crippen LogP contribution in [-0.4, -0.2) is 27.9 Å². The first-order chi connectivity index (χ1) is 16.9. The number of aryl methyl sites for hydroxylation is 1. The Bertz CT molecular complexity index is 1330. The van der Waals surface area contributed by atoms with Crippen LogP contribution in [0.5, 0.6) is 5.75 Å². The maximum absolute atomic E-state index is 12.5. The summed E-state index contributed by atoms with van der Waals surface area (Å²) >= 11 is 14.3. The summed E-state index contributed by atoms with van der Waals surface area (Å²) in [5.74, 6) is 1.93. The number of hydrogen-bond donors (Lipinski definition) is 2. The van der Waals surface area contributed by atoms with Crippen molar-refractivity contribution >= 4 is 46.7 Å². The van der Waals surface area contributed by atoms with E-state index in [0.29, 0.717) is 43.9 Å². The molecule has 4 aromatic rings. The average Bonchev–Trinajstić information content (AvgIpc) is 3.26. The van der Waals surface area contributed by atoms with Gasteiger partial charge >= 0.3 is 6.03 Å². The van der Waals surface area contributed by atoms with Gasteiger partial charge in [-0.05, 0) is 60.5 Å². The molecule has 0 saturated carbocycles. The molecule has 0 aliphatic rings. The van der Waals surface area contributed by atoms with E-state index in [1.165, 1.54) is 22.9 Å². The van der Waals surface area contributed by atoms with Crippen molar-refractivity contribution in [2.75, 3.05) is 12.4 Å². The Morgan fingerprint density at radius 2 is 1.83 bits per heavy atom. The number of methoxy groups -OCH3 is 1. The number of carbonyl (C=O) groups excluding carboxylic acids is 1. The fraction of sp³-hybridized carbons (Fsp3) is 0.160. The van der Waals surface area contributed by atoms with Crippen molar-refractivity contribution in [3.05, 3.63) is 93.7 Å². The summed E-state index contributed by atoms with van der Waals surface area (Å²) in [6, 6.07) is 20.1. The molecule has 2 N–H and O–H groups in total. The Kier molecular flexibility index (Phi) is 8.17. The highest BCUT2D eigenvalue weighted by atomic mass is 35.5. The van der Waals surface area contributed by atoms with Gasteiger partial charge in [-0.15, -0.1) is 10.2 Å². The standard InChI is InChI=1S/C25H23Cl2N5O2S/c1-16-5-3-4-6-17(16)15-35-25-31-30-23(32(25)22-13-18(26)7-12-21(22)27)14-28-24(33)29-19-8-10-20(34-2)11-9-19/h3-13H,14-15H2,1-2H3,(H2,28,29,33). The Morgan fingerprint density at radius 1 is 1.06 bits per heavy atom. The van der Waals surface area contributed by atoms with Crippen LogP contribution in [0.1, 0.15) is 17.0 Å². The molecule has 180 valence electrons. The smallest absolute Gasteiger partial charge is 0.319 e. The van der Waals surface area contributed by atoms with Gasteiger partial charge in [0, 0.05) is 16.5 Å². The molecule has 0 unspecified atom stereocenters. The molecule has 2 amide bonds. The van der Waals surface area contributed by atoms with E-state index < -0.39 is 0 Å². The van der Waals surface area contributed by atoms with Crippen molar-refractivity contribution in [2.24, 2.45) is 0 Å². The van der Waals surface area contributed by atoms with Crippen LogP contribution < -0.4 is 15.4 Å². The zero-order chi connectivity index (χ0) is 24.8. The molecule has 0 fully saturated rings. The van der Waals surface area contributed by atoms with E-state index in [0.717, 1.165) is 0 Å². The Hall–Kier alpha value is -3.20. The molecule has 1 aromatic heterocycles. The predicted octanol–water partition coefficient (Wildman–Crippen LogP) is 6.51. The Morgan fingerprint density at radius 3 is 2.57 bits per heavy atom. The topological polar surface area (TPSA) is 81.1 Å². The first-order valence-corrected chi connectivity index (χ1v) is 12.4. The zero-order valence-electron chi connectivity index (χ0n) is 19.1. The summed E-state index contributed by atoms with van der Waals surface area (Å²) in [4.78, 5) is 12.5. The summed E-state index contributed by atoms with van der Waals surface area (Å²) in [6.45, 7) is 2.20. The number of anilines is 1. The minimum absolute atomic E-state index is 0.128. The van der Waals surface area contributed by atoms with E-state index in [2.05, 4.69) is 39.9 Å². The van der Waals surface area contributed by atoms with Crippen molar-refractivity contribution in [1.82, 2.24) is 20.1 Å². The summed E-state index contributed by atoms with van der Waals surface area (Å²) in [5, 5.41) is 16.0. The van der Waals surface area contributed by atoms with Gasteiger partial charge in [-0.2, -0.15) is 0 Å². The lowest BCUT2D eigenvalue weighted by atomic mass is 10.1. The molecule has 0 radical (unpaired) electrons. The van der Waals surface area contributed by atoms with Gasteiger partial charge in [-0.3, -0.25) is 4.57 Å². The lowest BCUT2D eigenvalue weighted by molar-refractivity contribution is 0.251. The second-order valence-electron chi connectivity index (χ2n) is 7.58. The molecule has 0 aliphatic heterocycles. The first-order valence-electron chi connectivity index (χ1n) is 10.7. The van der Waals surface area contributed by atoms with Crippen LogP contribution in [0.15, 0.2) is 71.9 Å². The number of urea groups is 1. The van der Waals surface area contributed by atoms with Gasteiger partial charge in [0.25, 0.3) is 0 Å². The molecule has 3 aromatic carbocycles. The second kappa shape index (κ2) is 11.5. The van der Waals surface area contributed by atoms with E-state index in [9.17, 15) is 4.79 Å². The number of aromatic nitrogens is 3. The number of halogens is 2. The lowest BCUT2D eigenvalue weighted by Gasteiger charge is -2.13. The third kappa shape index (κ3) is 6.28. The number of hydrogen-bond acceptors (Lipinski definition) is 5. The maximum atomic E-state index is 12.5. The molecule has 0 spiro atoms. The van der Waals surface area contributed by atoms with Crippen LogP contribution >= 0.6 is 35.0 Å². The predicted molar refractivity (Wildman–Crippen MR) is 141 cm³/mol. The Labute approximate surface area is 217 Å². The fourth-order valence-electron chi connectivity index (χ4n) is 3.33. The monoisotopic (exact) mass is 527 g/mol. The second-order valence-corrected chi connectivity index (χ2v) is 9.37. The number of rotatable bonds is 8. The average molecular weight is 528 g/mol. The molecule has 0 saturated heterocycles. The number of nitrogens with one attached hydrogen (secondary N) is 2. The summed E-state index contributed by atoms with van der Waals surface area (Å²) in [7, 11) is 1.59. The number of amides is 2. The summed E-state index contributed by atoms with van der Waals surface area (Å²) in [6.07, 6.45) is 0. The van der Waals surface area contributed by atoms with Crippen molar-refractivity contribution in [3.8, 4) is 11.4 Å². The maximum Gasteiger partial charge on any atom is 0.319 e. The first kappa shape index (κ1) is 24.9. The number of thioether (sulfide) groups is 1. The number of benzene rings is 3. The largest absolute Gasteiger partial charge is 0.497 e. The van der Waals surface area contributed by atoms with E-state index >= 15 is 0 Å². The zero-order valence-corrected chi connectivity index (χ0v) is 21.4. The van der Waals surface area contributed by atoms with Crippen LogP contribution in [0.2, 0.25) is 10.0 Å². The van der Waals surface area contributed by atoms with Crippen LogP contribution in [0.25, 0.3) is 5.69 Å². The van der Waals surface area contributed by atoms with Gasteiger partial charge in [0.2, 0.25) is 0 Å². The molecule has 0 bridgehead atoms. The van der Waals surface area contributed by atoms with Crippen molar-refractivity contribution < 1.29 is 9.53 Å². The van der Waals surface area contributed by atoms with Crippen molar-refractivity contribution in [2.45, 2.75) is 24.4 Å². The molecular weight excluding hydrogens is 505 g/mol. The van der Waals surface area contributed by atoms with E-state index in [-0.39, 0.29) is 12.6 Å². The highest BCUT2D eigenvalue weighted by Crippen LogP contribution is 2.31. The van der Waals surface area contributed by atoms with Crippen molar-refractivity contribution in [3.63, 3.8) is 0 Å². The summed E-state index contributed by atoms with van der Waals surface area (Å²) in [5.41, 5.74) is 3.67.